The van der Waals surface area contributed by atoms with Crippen molar-refractivity contribution < 1.29 is 13.9 Å². The first kappa shape index (κ1) is 10.6. The minimum absolute atomic E-state index is 0.178. The highest BCUT2D eigenvalue weighted by atomic mass is 19.1. The summed E-state index contributed by atoms with van der Waals surface area (Å²) in [7, 11) is 1.35. The maximum Gasteiger partial charge on any atom is 0.302 e. The lowest BCUT2D eigenvalue weighted by atomic mass is 10.4. The van der Waals surface area contributed by atoms with Crippen molar-refractivity contribution in [3.8, 4) is 0 Å². The monoisotopic (exact) mass is 170 g/mol. The van der Waals surface area contributed by atoms with E-state index >= 15 is 0 Å². The molecule has 66 valence electrons. The molecule has 0 aliphatic carbocycles. The van der Waals surface area contributed by atoms with E-state index in [0.717, 1.165) is 0 Å². The number of hydrogen-bond acceptors (Lipinski definition) is 2. The smallest absolute Gasteiger partial charge is 0.302 e. The van der Waals surface area contributed by atoms with E-state index in [-0.39, 0.29) is 11.8 Å². The van der Waals surface area contributed by atoms with Gasteiger partial charge in [0.05, 0.1) is 7.11 Å². The van der Waals surface area contributed by atoms with Gasteiger partial charge in [-0.2, -0.15) is 0 Å². The summed E-state index contributed by atoms with van der Waals surface area (Å²) < 4.78 is 16.0. The van der Waals surface area contributed by atoms with Crippen molar-refractivity contribution in [2.24, 2.45) is 0 Å². The maximum atomic E-state index is 11.9. The number of carbonyl (C=O) groups excluding carboxylic acids is 1. The van der Waals surface area contributed by atoms with Crippen molar-refractivity contribution in [3.63, 3.8) is 0 Å². The Kier molecular flexibility index (Phi) is 5.61. The molecule has 0 saturated heterocycles. The van der Waals surface area contributed by atoms with Crippen molar-refractivity contribution in [3.05, 3.63) is 36.1 Å². The van der Waals surface area contributed by atoms with E-state index in [2.05, 4.69) is 4.74 Å². The Labute approximate surface area is 71.0 Å². The predicted molar refractivity (Wildman–Crippen MR) is 44.1 cm³/mol. The molecule has 0 unspecified atom stereocenters. The number of esters is 1. The van der Waals surface area contributed by atoms with Crippen LogP contribution in [0.2, 0.25) is 0 Å². The average molecular weight is 170 g/mol. The number of ether oxygens (including phenoxy) is 1. The third kappa shape index (κ3) is 6.74. The van der Waals surface area contributed by atoms with E-state index in [1.807, 2.05) is 0 Å². The molecule has 0 N–H and O–H groups in total. The average Bonchev–Trinajstić information content (AvgIpc) is 2.07. The standard InChI is InChI=1S/C6H5F.C3H6O2/c7-6-4-2-1-3-5-6;1-3(4)5-2/h1-5H;1-2H3. The third-order valence-electron chi connectivity index (χ3n) is 1.02. The van der Waals surface area contributed by atoms with Gasteiger partial charge in [-0.15, -0.1) is 0 Å². The summed E-state index contributed by atoms with van der Waals surface area (Å²) >= 11 is 0. The molecule has 1 aromatic carbocycles. The van der Waals surface area contributed by atoms with Crippen molar-refractivity contribution >= 4 is 5.97 Å². The summed E-state index contributed by atoms with van der Waals surface area (Å²) in [6, 6.07) is 7.94. The fourth-order valence-electron chi connectivity index (χ4n) is 0.415. The van der Waals surface area contributed by atoms with Crippen molar-refractivity contribution in [1.29, 1.82) is 0 Å². The van der Waals surface area contributed by atoms with Crippen LogP contribution in [0.4, 0.5) is 4.39 Å². The van der Waals surface area contributed by atoms with Gasteiger partial charge in [-0.3, -0.25) is 4.79 Å². The van der Waals surface area contributed by atoms with Gasteiger partial charge >= 0.3 is 5.97 Å². The molecule has 12 heavy (non-hydrogen) atoms. The normalized spacial score (nSPS) is 7.92. The Morgan fingerprint density at radius 3 is 1.92 bits per heavy atom. The summed E-state index contributed by atoms with van der Waals surface area (Å²) in [5.74, 6) is -0.424. The van der Waals surface area contributed by atoms with Crippen LogP contribution in [0.3, 0.4) is 0 Å². The molecule has 1 aromatic rings. The van der Waals surface area contributed by atoms with Crippen molar-refractivity contribution in [1.82, 2.24) is 0 Å². The third-order valence-corrected chi connectivity index (χ3v) is 1.02. The Morgan fingerprint density at radius 1 is 1.33 bits per heavy atom. The van der Waals surface area contributed by atoms with Gasteiger partial charge in [0.1, 0.15) is 5.82 Å². The van der Waals surface area contributed by atoms with Gasteiger partial charge in [0.25, 0.3) is 0 Å². The van der Waals surface area contributed by atoms with E-state index in [1.54, 1.807) is 18.2 Å². The molecule has 0 radical (unpaired) electrons. The maximum absolute atomic E-state index is 11.9. The molecule has 3 heteroatoms. The van der Waals surface area contributed by atoms with Gasteiger partial charge in [-0.1, -0.05) is 18.2 Å². The molecule has 0 atom stereocenters. The predicted octanol–water partition coefficient (Wildman–Crippen LogP) is 2.00. The van der Waals surface area contributed by atoms with Crippen molar-refractivity contribution in [2.45, 2.75) is 6.92 Å². The summed E-state index contributed by atoms with van der Waals surface area (Å²) in [5.41, 5.74) is 0. The van der Waals surface area contributed by atoms with Crippen LogP contribution in [0.25, 0.3) is 0 Å². The first-order valence-corrected chi connectivity index (χ1v) is 3.42. The highest BCUT2D eigenvalue weighted by Crippen LogP contribution is 1.91. The van der Waals surface area contributed by atoms with Crippen LogP contribution >= 0.6 is 0 Å². The summed E-state index contributed by atoms with van der Waals surface area (Å²) in [4.78, 5) is 9.59. The molecular weight excluding hydrogens is 159 g/mol. The number of halogens is 1. The molecule has 0 aliphatic heterocycles. The van der Waals surface area contributed by atoms with Crippen LogP contribution < -0.4 is 0 Å². The second kappa shape index (κ2) is 6.34. The zero-order valence-corrected chi connectivity index (χ0v) is 7.08. The molecule has 0 bridgehead atoms. The SMILES string of the molecule is COC(C)=O.Fc1ccccc1. The van der Waals surface area contributed by atoms with Crippen LogP contribution in [0.5, 0.6) is 0 Å². The molecule has 0 aliphatic rings. The Bertz CT molecular complexity index is 221. The van der Waals surface area contributed by atoms with Crippen LogP contribution in [0, 0.1) is 5.82 Å². The number of benzene rings is 1. The number of hydrogen-bond donors (Lipinski definition) is 0. The minimum atomic E-state index is -0.245. The first-order valence-electron chi connectivity index (χ1n) is 3.42. The summed E-state index contributed by atoms with van der Waals surface area (Å²) in [6.07, 6.45) is 0. The van der Waals surface area contributed by atoms with E-state index in [0.29, 0.717) is 0 Å². The van der Waals surface area contributed by atoms with E-state index < -0.39 is 0 Å². The number of rotatable bonds is 0. The molecule has 0 amide bonds. The molecule has 0 aromatic heterocycles. The quantitative estimate of drug-likeness (QED) is 0.557. The number of carbonyl (C=O) groups is 1. The minimum Gasteiger partial charge on any atom is -0.469 e. The fraction of sp³-hybridized carbons (Fsp3) is 0.222. The van der Waals surface area contributed by atoms with Gasteiger partial charge in [0.15, 0.2) is 0 Å². The van der Waals surface area contributed by atoms with E-state index in [4.69, 9.17) is 0 Å². The zero-order chi connectivity index (χ0) is 9.40. The molecule has 0 saturated carbocycles. The Morgan fingerprint density at radius 2 is 1.75 bits per heavy atom. The lowest BCUT2D eigenvalue weighted by Crippen LogP contribution is -1.88. The van der Waals surface area contributed by atoms with E-state index in [1.165, 1.54) is 26.2 Å². The van der Waals surface area contributed by atoms with Gasteiger partial charge in [-0.05, 0) is 12.1 Å². The molecule has 0 spiro atoms. The molecule has 1 rings (SSSR count). The van der Waals surface area contributed by atoms with E-state index in [9.17, 15) is 9.18 Å². The van der Waals surface area contributed by atoms with Crippen LogP contribution in [0.15, 0.2) is 30.3 Å². The second-order valence-corrected chi connectivity index (χ2v) is 1.99. The van der Waals surface area contributed by atoms with Crippen LogP contribution in [-0.4, -0.2) is 13.1 Å². The summed E-state index contributed by atoms with van der Waals surface area (Å²) in [6.45, 7) is 1.36. The highest BCUT2D eigenvalue weighted by Gasteiger charge is 1.77. The van der Waals surface area contributed by atoms with Gasteiger partial charge in [0.2, 0.25) is 0 Å². The second-order valence-electron chi connectivity index (χ2n) is 1.99. The first-order chi connectivity index (χ1) is 5.66. The largest absolute Gasteiger partial charge is 0.469 e. The number of methoxy groups -OCH3 is 1. The molecule has 0 fully saturated rings. The fourth-order valence-corrected chi connectivity index (χ4v) is 0.415. The molecular formula is C9H11FO2. The zero-order valence-electron chi connectivity index (χ0n) is 7.08. The summed E-state index contributed by atoms with van der Waals surface area (Å²) in [5, 5.41) is 0. The van der Waals surface area contributed by atoms with Gasteiger partial charge in [-0.25, -0.2) is 4.39 Å². The topological polar surface area (TPSA) is 26.3 Å². The lowest BCUT2D eigenvalue weighted by Gasteiger charge is -1.80. The Hall–Kier alpha value is -1.38. The van der Waals surface area contributed by atoms with Crippen LogP contribution in [0.1, 0.15) is 6.92 Å². The lowest BCUT2D eigenvalue weighted by molar-refractivity contribution is -0.137. The van der Waals surface area contributed by atoms with Crippen LogP contribution in [-0.2, 0) is 9.53 Å². The Balaban J connectivity index is 0.000000217. The van der Waals surface area contributed by atoms with Gasteiger partial charge < -0.3 is 4.74 Å². The molecule has 0 heterocycles. The van der Waals surface area contributed by atoms with Gasteiger partial charge in [0, 0.05) is 6.92 Å². The highest BCUT2D eigenvalue weighted by molar-refractivity contribution is 5.65. The molecule has 2 nitrogen and oxygen atoms in total. The van der Waals surface area contributed by atoms with Crippen molar-refractivity contribution in [2.75, 3.05) is 7.11 Å².